The van der Waals surface area contributed by atoms with E-state index in [1.54, 1.807) is 0 Å². The second kappa shape index (κ2) is 7.49. The summed E-state index contributed by atoms with van der Waals surface area (Å²) in [6.45, 7) is 3.34. The number of hydrogen-bond acceptors (Lipinski definition) is 2. The van der Waals surface area contributed by atoms with E-state index in [9.17, 15) is 4.57 Å². The first kappa shape index (κ1) is 17.1. The van der Waals surface area contributed by atoms with Crippen molar-refractivity contribution in [3.63, 3.8) is 0 Å². The van der Waals surface area contributed by atoms with Crippen molar-refractivity contribution in [2.75, 3.05) is 31.1 Å². The van der Waals surface area contributed by atoms with Crippen LogP contribution in [0.3, 0.4) is 0 Å². The van der Waals surface area contributed by atoms with Gasteiger partial charge in [-0.1, -0.05) is 54.6 Å². The Kier molecular flexibility index (Phi) is 4.92. The van der Waals surface area contributed by atoms with Gasteiger partial charge in [-0.2, -0.15) is 0 Å². The summed E-state index contributed by atoms with van der Waals surface area (Å²) in [6.07, 6.45) is 0. The highest BCUT2D eigenvalue weighted by Gasteiger charge is 2.36. The number of nitrogens with zero attached hydrogens (tertiary/aromatic N) is 2. The van der Waals surface area contributed by atoms with Gasteiger partial charge in [0.15, 0.2) is 0 Å². The molecule has 3 aromatic rings. The van der Waals surface area contributed by atoms with Gasteiger partial charge in [0, 0.05) is 42.5 Å². The maximum absolute atomic E-state index is 14.3. The van der Waals surface area contributed by atoms with Crippen LogP contribution in [0.1, 0.15) is 0 Å². The molecule has 1 aliphatic heterocycles. The van der Waals surface area contributed by atoms with Gasteiger partial charge in [-0.25, -0.2) is 4.67 Å². The van der Waals surface area contributed by atoms with Crippen molar-refractivity contribution in [3.05, 3.63) is 91.0 Å². The van der Waals surface area contributed by atoms with E-state index >= 15 is 0 Å². The van der Waals surface area contributed by atoms with E-state index in [2.05, 4.69) is 33.8 Å². The molecule has 0 bridgehead atoms. The first-order valence-electron chi connectivity index (χ1n) is 9.05. The average molecular weight is 362 g/mol. The number of benzene rings is 3. The lowest BCUT2D eigenvalue weighted by molar-refractivity contribution is 0.393. The fourth-order valence-corrected chi connectivity index (χ4v) is 6.46. The lowest BCUT2D eigenvalue weighted by Crippen LogP contribution is -2.47. The topological polar surface area (TPSA) is 23.6 Å². The highest BCUT2D eigenvalue weighted by molar-refractivity contribution is 7.76. The molecule has 1 heterocycles. The summed E-state index contributed by atoms with van der Waals surface area (Å²) >= 11 is 0. The number of anilines is 1. The third-order valence-electron chi connectivity index (χ3n) is 4.99. The molecular formula is C22H23N2OP. The quantitative estimate of drug-likeness (QED) is 0.661. The van der Waals surface area contributed by atoms with Crippen LogP contribution < -0.4 is 15.5 Å². The Morgan fingerprint density at radius 3 is 1.46 bits per heavy atom. The maximum Gasteiger partial charge on any atom is 0.207 e. The minimum absolute atomic E-state index is 0.788. The molecular weight excluding hydrogens is 339 g/mol. The molecule has 1 aliphatic rings. The number of hydrogen-bond donors (Lipinski definition) is 0. The Labute approximate surface area is 155 Å². The molecule has 3 nitrogen and oxygen atoms in total. The van der Waals surface area contributed by atoms with Gasteiger partial charge in [-0.3, -0.25) is 4.57 Å². The molecule has 0 N–H and O–H groups in total. The molecule has 4 rings (SSSR count). The Morgan fingerprint density at radius 2 is 1.00 bits per heavy atom. The van der Waals surface area contributed by atoms with Crippen LogP contribution in [0.15, 0.2) is 91.0 Å². The molecule has 0 radical (unpaired) electrons. The van der Waals surface area contributed by atoms with Crippen LogP contribution in [0.25, 0.3) is 0 Å². The summed E-state index contributed by atoms with van der Waals surface area (Å²) in [7, 11) is -2.81. The Hall–Kier alpha value is -2.35. The second-order valence-electron chi connectivity index (χ2n) is 6.52. The van der Waals surface area contributed by atoms with Crippen LogP contribution in [-0.4, -0.2) is 30.8 Å². The highest BCUT2D eigenvalue weighted by atomic mass is 31.2. The zero-order valence-corrected chi connectivity index (χ0v) is 15.6. The van der Waals surface area contributed by atoms with Crippen LogP contribution in [0.4, 0.5) is 5.69 Å². The predicted octanol–water partition coefficient (Wildman–Crippen LogP) is 3.74. The first-order chi connectivity index (χ1) is 12.8. The maximum atomic E-state index is 14.3. The molecule has 0 spiro atoms. The summed E-state index contributed by atoms with van der Waals surface area (Å²) in [5.74, 6) is 0. The Balaban J connectivity index is 1.64. The number of para-hydroxylation sites is 1. The van der Waals surface area contributed by atoms with Crippen LogP contribution in [0.5, 0.6) is 0 Å². The standard InChI is InChI=1S/C22H23N2OP/c25-26(21-12-6-2-7-13-21,22-14-8-3-9-15-22)24-18-16-23(17-19-24)20-10-4-1-5-11-20/h1-15H,16-19H2. The molecule has 3 aromatic carbocycles. The largest absolute Gasteiger partial charge is 0.369 e. The molecule has 132 valence electrons. The monoisotopic (exact) mass is 362 g/mol. The predicted molar refractivity (Wildman–Crippen MR) is 110 cm³/mol. The smallest absolute Gasteiger partial charge is 0.207 e. The van der Waals surface area contributed by atoms with Gasteiger partial charge in [0.2, 0.25) is 7.29 Å². The van der Waals surface area contributed by atoms with Crippen LogP contribution in [0, 0.1) is 0 Å². The zero-order chi connectivity index (χ0) is 17.8. The van der Waals surface area contributed by atoms with E-state index in [4.69, 9.17) is 0 Å². The SMILES string of the molecule is O=P(c1ccccc1)(c1ccccc1)N1CCN(c2ccccc2)CC1. The van der Waals surface area contributed by atoms with Gasteiger partial charge in [0.1, 0.15) is 0 Å². The van der Waals surface area contributed by atoms with Crippen molar-refractivity contribution in [2.24, 2.45) is 0 Å². The van der Waals surface area contributed by atoms with E-state index in [0.29, 0.717) is 0 Å². The van der Waals surface area contributed by atoms with Gasteiger partial charge in [-0.05, 0) is 36.4 Å². The average Bonchev–Trinajstić information content (AvgIpc) is 2.75. The normalized spacial score (nSPS) is 15.8. The summed E-state index contributed by atoms with van der Waals surface area (Å²) in [5, 5.41) is 1.83. The summed E-state index contributed by atoms with van der Waals surface area (Å²) in [4.78, 5) is 2.37. The number of piperazine rings is 1. The fraction of sp³-hybridized carbons (Fsp3) is 0.182. The molecule has 26 heavy (non-hydrogen) atoms. The third-order valence-corrected chi connectivity index (χ3v) is 8.18. The first-order valence-corrected chi connectivity index (χ1v) is 10.7. The molecule has 0 aromatic heterocycles. The van der Waals surface area contributed by atoms with E-state index < -0.39 is 7.29 Å². The highest BCUT2D eigenvalue weighted by Crippen LogP contribution is 2.47. The molecule has 0 saturated carbocycles. The van der Waals surface area contributed by atoms with Gasteiger partial charge in [-0.15, -0.1) is 0 Å². The Bertz CT molecular complexity index is 832. The van der Waals surface area contributed by atoms with Crippen molar-refractivity contribution in [3.8, 4) is 0 Å². The second-order valence-corrected chi connectivity index (χ2v) is 9.27. The van der Waals surface area contributed by atoms with Crippen molar-refractivity contribution in [1.82, 2.24) is 4.67 Å². The van der Waals surface area contributed by atoms with E-state index in [0.717, 1.165) is 36.8 Å². The molecule has 4 heteroatoms. The lowest BCUT2D eigenvalue weighted by atomic mass is 10.2. The molecule has 1 fully saturated rings. The van der Waals surface area contributed by atoms with Gasteiger partial charge in [0.05, 0.1) is 0 Å². The molecule has 0 amide bonds. The van der Waals surface area contributed by atoms with Crippen LogP contribution in [-0.2, 0) is 4.57 Å². The fourth-order valence-electron chi connectivity index (χ4n) is 3.61. The van der Waals surface area contributed by atoms with E-state index in [1.165, 1.54) is 5.69 Å². The van der Waals surface area contributed by atoms with Gasteiger partial charge in [0.25, 0.3) is 0 Å². The third kappa shape index (κ3) is 3.21. The molecule has 0 atom stereocenters. The van der Waals surface area contributed by atoms with Crippen molar-refractivity contribution >= 4 is 23.6 Å². The summed E-state index contributed by atoms with van der Waals surface area (Å²) in [6, 6.07) is 30.3. The molecule has 0 unspecified atom stereocenters. The number of rotatable bonds is 4. The van der Waals surface area contributed by atoms with Crippen LogP contribution in [0.2, 0.25) is 0 Å². The van der Waals surface area contributed by atoms with Crippen molar-refractivity contribution in [1.29, 1.82) is 0 Å². The van der Waals surface area contributed by atoms with Crippen molar-refractivity contribution in [2.45, 2.75) is 0 Å². The van der Waals surface area contributed by atoms with E-state index in [1.807, 2.05) is 66.7 Å². The van der Waals surface area contributed by atoms with E-state index in [-0.39, 0.29) is 0 Å². The summed E-state index contributed by atoms with van der Waals surface area (Å²) in [5.41, 5.74) is 1.24. The van der Waals surface area contributed by atoms with Crippen LogP contribution >= 0.6 is 7.29 Å². The van der Waals surface area contributed by atoms with Gasteiger partial charge < -0.3 is 4.90 Å². The minimum atomic E-state index is -2.81. The van der Waals surface area contributed by atoms with Crippen molar-refractivity contribution < 1.29 is 4.57 Å². The molecule has 0 aliphatic carbocycles. The molecule has 1 saturated heterocycles. The summed E-state index contributed by atoms with van der Waals surface area (Å²) < 4.78 is 16.5. The minimum Gasteiger partial charge on any atom is -0.369 e. The van der Waals surface area contributed by atoms with Gasteiger partial charge >= 0.3 is 0 Å². The lowest BCUT2D eigenvalue weighted by Gasteiger charge is -2.40. The zero-order valence-electron chi connectivity index (χ0n) is 14.7. The Morgan fingerprint density at radius 1 is 0.577 bits per heavy atom.